The number of rotatable bonds is 6. The molecule has 0 aromatic heterocycles. The second kappa shape index (κ2) is 5.82. The SMILES string of the molecule is CC1CCCC1NS(=O)(=O)CCCCN. The molecule has 0 aliphatic heterocycles. The van der Waals surface area contributed by atoms with Crippen molar-refractivity contribution in [1.29, 1.82) is 0 Å². The van der Waals surface area contributed by atoms with Crippen molar-refractivity contribution in [3.05, 3.63) is 0 Å². The van der Waals surface area contributed by atoms with Gasteiger partial charge in [-0.05, 0) is 38.1 Å². The first kappa shape index (κ1) is 12.9. The molecule has 15 heavy (non-hydrogen) atoms. The Labute approximate surface area is 92.7 Å². The van der Waals surface area contributed by atoms with Crippen LogP contribution in [0, 0.1) is 5.92 Å². The molecule has 0 bridgehead atoms. The van der Waals surface area contributed by atoms with Gasteiger partial charge < -0.3 is 5.73 Å². The summed E-state index contributed by atoms with van der Waals surface area (Å²) < 4.78 is 26.1. The molecule has 4 nitrogen and oxygen atoms in total. The summed E-state index contributed by atoms with van der Waals surface area (Å²) in [5.41, 5.74) is 5.33. The zero-order valence-corrected chi connectivity index (χ0v) is 10.2. The number of unbranched alkanes of at least 4 members (excludes halogenated alkanes) is 1. The summed E-state index contributed by atoms with van der Waals surface area (Å²) in [4.78, 5) is 0. The Kier molecular flexibility index (Phi) is 5.02. The van der Waals surface area contributed by atoms with Gasteiger partial charge in [-0.15, -0.1) is 0 Å². The van der Waals surface area contributed by atoms with Crippen molar-refractivity contribution in [1.82, 2.24) is 4.72 Å². The Balaban J connectivity index is 2.35. The molecule has 2 atom stereocenters. The van der Waals surface area contributed by atoms with Crippen LogP contribution in [0.4, 0.5) is 0 Å². The van der Waals surface area contributed by atoms with Gasteiger partial charge in [0.1, 0.15) is 0 Å². The first-order valence-corrected chi connectivity index (χ1v) is 7.40. The second-order valence-electron chi connectivity index (χ2n) is 4.45. The summed E-state index contributed by atoms with van der Waals surface area (Å²) in [5.74, 6) is 0.697. The number of sulfonamides is 1. The lowest BCUT2D eigenvalue weighted by molar-refractivity contribution is 0.475. The van der Waals surface area contributed by atoms with Crippen LogP contribution in [0.25, 0.3) is 0 Å². The number of nitrogens with one attached hydrogen (secondary N) is 1. The summed E-state index contributed by atoms with van der Waals surface area (Å²) >= 11 is 0. The average Bonchev–Trinajstić information content (AvgIpc) is 2.51. The van der Waals surface area contributed by atoms with Gasteiger partial charge in [-0.1, -0.05) is 13.3 Å². The maximum Gasteiger partial charge on any atom is 0.211 e. The van der Waals surface area contributed by atoms with E-state index in [9.17, 15) is 8.42 Å². The van der Waals surface area contributed by atoms with Crippen LogP contribution in [-0.4, -0.2) is 26.8 Å². The van der Waals surface area contributed by atoms with Gasteiger partial charge in [0.15, 0.2) is 0 Å². The first-order valence-electron chi connectivity index (χ1n) is 5.75. The lowest BCUT2D eigenvalue weighted by atomic mass is 10.1. The van der Waals surface area contributed by atoms with E-state index in [0.717, 1.165) is 25.7 Å². The van der Waals surface area contributed by atoms with E-state index in [1.165, 1.54) is 0 Å². The van der Waals surface area contributed by atoms with E-state index < -0.39 is 10.0 Å². The van der Waals surface area contributed by atoms with Crippen molar-refractivity contribution < 1.29 is 8.42 Å². The van der Waals surface area contributed by atoms with Crippen molar-refractivity contribution in [2.24, 2.45) is 11.7 Å². The van der Waals surface area contributed by atoms with Crippen molar-refractivity contribution in [3.63, 3.8) is 0 Å². The number of nitrogens with two attached hydrogens (primary N) is 1. The summed E-state index contributed by atoms with van der Waals surface area (Å²) in [6.45, 7) is 2.68. The Morgan fingerprint density at radius 1 is 1.33 bits per heavy atom. The maximum atomic E-state index is 11.7. The zero-order chi connectivity index (χ0) is 11.3. The third-order valence-corrected chi connectivity index (χ3v) is 4.55. The first-order chi connectivity index (χ1) is 7.05. The van der Waals surface area contributed by atoms with Crippen molar-refractivity contribution in [2.75, 3.05) is 12.3 Å². The van der Waals surface area contributed by atoms with E-state index >= 15 is 0 Å². The summed E-state index contributed by atoms with van der Waals surface area (Å²) in [7, 11) is -3.08. The van der Waals surface area contributed by atoms with Crippen molar-refractivity contribution in [2.45, 2.75) is 45.1 Å². The van der Waals surface area contributed by atoms with Crippen LogP contribution in [0.5, 0.6) is 0 Å². The molecule has 1 aliphatic carbocycles. The molecule has 0 radical (unpaired) electrons. The van der Waals surface area contributed by atoms with Gasteiger partial charge in [0.2, 0.25) is 10.0 Å². The molecule has 90 valence electrons. The molecule has 0 aromatic rings. The summed E-state index contributed by atoms with van der Waals surface area (Å²) in [6.07, 6.45) is 4.69. The number of hydrogen-bond donors (Lipinski definition) is 2. The molecule has 0 amide bonds. The van der Waals surface area contributed by atoms with Crippen molar-refractivity contribution in [3.8, 4) is 0 Å². The van der Waals surface area contributed by atoms with Gasteiger partial charge in [-0.2, -0.15) is 0 Å². The van der Waals surface area contributed by atoms with Gasteiger partial charge >= 0.3 is 0 Å². The highest BCUT2D eigenvalue weighted by Gasteiger charge is 2.26. The quantitative estimate of drug-likeness (QED) is 0.669. The van der Waals surface area contributed by atoms with E-state index in [-0.39, 0.29) is 11.8 Å². The predicted molar refractivity (Wildman–Crippen MR) is 62.0 cm³/mol. The Hall–Kier alpha value is -0.130. The third-order valence-electron chi connectivity index (χ3n) is 3.06. The molecule has 0 saturated heterocycles. The standard InChI is InChI=1S/C10H22N2O2S/c1-9-5-4-6-10(9)12-15(13,14)8-3-2-7-11/h9-10,12H,2-8,11H2,1H3. The molecule has 0 heterocycles. The van der Waals surface area contributed by atoms with Crippen LogP contribution in [0.3, 0.4) is 0 Å². The van der Waals surface area contributed by atoms with Gasteiger partial charge in [0.25, 0.3) is 0 Å². The van der Waals surface area contributed by atoms with Crippen LogP contribution in [0.1, 0.15) is 39.0 Å². The van der Waals surface area contributed by atoms with E-state index in [0.29, 0.717) is 18.9 Å². The molecule has 3 N–H and O–H groups in total. The average molecular weight is 234 g/mol. The van der Waals surface area contributed by atoms with E-state index in [1.54, 1.807) is 0 Å². The monoisotopic (exact) mass is 234 g/mol. The van der Waals surface area contributed by atoms with E-state index in [1.807, 2.05) is 0 Å². The lowest BCUT2D eigenvalue weighted by Crippen LogP contribution is -2.37. The zero-order valence-electron chi connectivity index (χ0n) is 9.41. The molecule has 1 fully saturated rings. The van der Waals surface area contributed by atoms with Gasteiger partial charge in [-0.3, -0.25) is 0 Å². The molecule has 1 rings (SSSR count). The third kappa shape index (κ3) is 4.49. The Morgan fingerprint density at radius 3 is 2.60 bits per heavy atom. The van der Waals surface area contributed by atoms with Gasteiger partial charge in [0.05, 0.1) is 5.75 Å². The Bertz CT molecular complexity index is 277. The Morgan fingerprint density at radius 2 is 2.07 bits per heavy atom. The topological polar surface area (TPSA) is 72.2 Å². The van der Waals surface area contributed by atoms with E-state index in [4.69, 9.17) is 5.73 Å². The molecular weight excluding hydrogens is 212 g/mol. The van der Waals surface area contributed by atoms with Crippen LogP contribution in [0.15, 0.2) is 0 Å². The molecule has 5 heteroatoms. The van der Waals surface area contributed by atoms with Crippen LogP contribution in [-0.2, 0) is 10.0 Å². The van der Waals surface area contributed by atoms with Crippen molar-refractivity contribution >= 4 is 10.0 Å². The number of hydrogen-bond acceptors (Lipinski definition) is 3. The lowest BCUT2D eigenvalue weighted by Gasteiger charge is -2.17. The minimum absolute atomic E-state index is 0.160. The molecule has 1 aliphatic rings. The molecule has 0 aromatic carbocycles. The molecule has 1 saturated carbocycles. The summed E-state index contributed by atoms with van der Waals surface area (Å²) in [5, 5.41) is 0. The van der Waals surface area contributed by atoms with Crippen LogP contribution in [0.2, 0.25) is 0 Å². The van der Waals surface area contributed by atoms with Gasteiger partial charge in [-0.25, -0.2) is 13.1 Å². The highest BCUT2D eigenvalue weighted by Crippen LogP contribution is 2.25. The molecular formula is C10H22N2O2S. The normalized spacial score (nSPS) is 27.1. The minimum atomic E-state index is -3.08. The fourth-order valence-corrected chi connectivity index (χ4v) is 3.56. The smallest absolute Gasteiger partial charge is 0.211 e. The maximum absolute atomic E-state index is 11.7. The fraction of sp³-hybridized carbons (Fsp3) is 1.00. The largest absolute Gasteiger partial charge is 0.330 e. The van der Waals surface area contributed by atoms with Crippen LogP contribution >= 0.6 is 0 Å². The van der Waals surface area contributed by atoms with E-state index in [2.05, 4.69) is 11.6 Å². The van der Waals surface area contributed by atoms with Gasteiger partial charge in [0, 0.05) is 6.04 Å². The second-order valence-corrected chi connectivity index (χ2v) is 6.32. The predicted octanol–water partition coefficient (Wildman–Crippen LogP) is 0.833. The highest BCUT2D eigenvalue weighted by atomic mass is 32.2. The highest BCUT2D eigenvalue weighted by molar-refractivity contribution is 7.89. The molecule has 2 unspecified atom stereocenters. The minimum Gasteiger partial charge on any atom is -0.330 e. The van der Waals surface area contributed by atoms with Crippen LogP contribution < -0.4 is 10.5 Å². The summed E-state index contributed by atoms with van der Waals surface area (Å²) in [6, 6.07) is 0.160. The molecule has 0 spiro atoms. The fourth-order valence-electron chi connectivity index (χ4n) is 2.05.